The number of amides is 1. The van der Waals surface area contributed by atoms with Gasteiger partial charge < -0.3 is 14.8 Å². The highest BCUT2D eigenvalue weighted by atomic mass is 16.5. The molecule has 172 valence electrons. The van der Waals surface area contributed by atoms with Crippen LogP contribution in [0.4, 0.5) is 5.69 Å². The van der Waals surface area contributed by atoms with Crippen LogP contribution in [0.2, 0.25) is 0 Å². The van der Waals surface area contributed by atoms with Gasteiger partial charge in [0.1, 0.15) is 23.7 Å². The molecule has 0 bridgehead atoms. The molecule has 0 atom stereocenters. The monoisotopic (exact) mass is 456 g/mol. The lowest BCUT2D eigenvalue weighted by molar-refractivity contribution is 0.102. The van der Waals surface area contributed by atoms with Crippen molar-refractivity contribution >= 4 is 28.1 Å². The summed E-state index contributed by atoms with van der Waals surface area (Å²) < 4.78 is 14.2. The molecule has 9 nitrogen and oxygen atoms in total. The summed E-state index contributed by atoms with van der Waals surface area (Å²) in [6, 6.07) is 15.3. The van der Waals surface area contributed by atoms with E-state index in [-0.39, 0.29) is 5.91 Å². The molecule has 34 heavy (non-hydrogen) atoms. The summed E-state index contributed by atoms with van der Waals surface area (Å²) in [5.74, 6) is 0.406. The number of nitrogens with zero attached hydrogens (tertiary/aromatic N) is 5. The number of aryl methyl sites for hydroxylation is 1. The van der Waals surface area contributed by atoms with Gasteiger partial charge in [-0.3, -0.25) is 18.9 Å². The molecule has 0 fully saturated rings. The van der Waals surface area contributed by atoms with Gasteiger partial charge in [0.25, 0.3) is 5.91 Å². The zero-order chi connectivity index (χ0) is 23.5. The number of carbonyl (C=O) groups is 1. The fourth-order valence-corrected chi connectivity index (χ4v) is 3.83. The van der Waals surface area contributed by atoms with Crippen LogP contribution in [0.5, 0.6) is 5.75 Å². The number of nitrogens with one attached hydrogen (secondary N) is 1. The third-order valence-corrected chi connectivity index (χ3v) is 5.47. The number of fused-ring (bicyclic) bond motifs is 2. The Hall–Kier alpha value is -4.24. The zero-order valence-electron chi connectivity index (χ0n) is 18.9. The summed E-state index contributed by atoms with van der Waals surface area (Å²) in [4.78, 5) is 22.0. The molecule has 0 unspecified atom stereocenters. The van der Waals surface area contributed by atoms with Crippen molar-refractivity contribution in [3.05, 3.63) is 84.2 Å². The second-order valence-electron chi connectivity index (χ2n) is 7.84. The largest absolute Gasteiger partial charge is 0.491 e. The quantitative estimate of drug-likeness (QED) is 0.358. The number of ether oxygens (including phenoxy) is 2. The van der Waals surface area contributed by atoms with Crippen molar-refractivity contribution in [3.63, 3.8) is 0 Å². The standard InChI is InChI=1S/C25H24N6O3/c1-17-5-3-6-18(28-17)16-31-22-8-4-7-21(20(22)14-27-31)29-25(32)23-15-26-24-13-19(9-10-30(23)24)34-12-11-33-2/h3-10,13-15H,11-12,16H2,1-2H3,(H,29,32). The number of anilines is 1. The molecule has 0 saturated carbocycles. The lowest BCUT2D eigenvalue weighted by Crippen LogP contribution is -2.14. The first kappa shape index (κ1) is 21.6. The van der Waals surface area contributed by atoms with Crippen molar-refractivity contribution in [2.45, 2.75) is 13.5 Å². The Kier molecular flexibility index (Phi) is 5.92. The molecule has 5 rings (SSSR count). The number of imidazole rings is 1. The molecule has 1 N–H and O–H groups in total. The van der Waals surface area contributed by atoms with Crippen LogP contribution in [-0.4, -0.2) is 50.4 Å². The number of hydrogen-bond acceptors (Lipinski definition) is 6. The Morgan fingerprint density at radius 1 is 1.09 bits per heavy atom. The molecule has 1 aromatic carbocycles. The summed E-state index contributed by atoms with van der Waals surface area (Å²) >= 11 is 0. The van der Waals surface area contributed by atoms with Crippen molar-refractivity contribution in [1.29, 1.82) is 0 Å². The summed E-state index contributed by atoms with van der Waals surface area (Å²) in [5.41, 5.74) is 4.53. The third-order valence-electron chi connectivity index (χ3n) is 5.47. The Morgan fingerprint density at radius 3 is 2.82 bits per heavy atom. The van der Waals surface area contributed by atoms with E-state index in [2.05, 4.69) is 20.4 Å². The Bertz CT molecular complexity index is 1470. The van der Waals surface area contributed by atoms with Gasteiger partial charge in [0.15, 0.2) is 0 Å². The highest BCUT2D eigenvalue weighted by Crippen LogP contribution is 2.25. The van der Waals surface area contributed by atoms with Gasteiger partial charge in [-0.1, -0.05) is 12.1 Å². The lowest BCUT2D eigenvalue weighted by atomic mass is 10.2. The average Bonchev–Trinajstić information content (AvgIpc) is 3.44. The molecule has 9 heteroatoms. The third kappa shape index (κ3) is 4.33. The summed E-state index contributed by atoms with van der Waals surface area (Å²) in [6.07, 6.45) is 5.09. The van der Waals surface area contributed by atoms with Gasteiger partial charge >= 0.3 is 0 Å². The van der Waals surface area contributed by atoms with E-state index in [1.165, 1.54) is 0 Å². The Morgan fingerprint density at radius 2 is 1.97 bits per heavy atom. The maximum absolute atomic E-state index is 13.1. The SMILES string of the molecule is COCCOc1ccn2c(C(=O)Nc3cccc4c3cnn4Cc3cccc(C)n3)cnc2c1. The molecule has 4 aromatic heterocycles. The minimum atomic E-state index is -0.263. The molecule has 0 saturated heterocycles. The van der Waals surface area contributed by atoms with Crippen LogP contribution in [0.25, 0.3) is 16.6 Å². The molecule has 1 amide bonds. The first-order valence-electron chi connectivity index (χ1n) is 10.9. The van der Waals surface area contributed by atoms with Crippen molar-refractivity contribution in [1.82, 2.24) is 24.1 Å². The van der Waals surface area contributed by atoms with Crippen LogP contribution in [0.1, 0.15) is 21.9 Å². The van der Waals surface area contributed by atoms with Gasteiger partial charge in [-0.25, -0.2) is 4.98 Å². The maximum Gasteiger partial charge on any atom is 0.274 e. The Balaban J connectivity index is 1.37. The number of hydrogen-bond donors (Lipinski definition) is 1. The van der Waals surface area contributed by atoms with E-state index < -0.39 is 0 Å². The minimum Gasteiger partial charge on any atom is -0.491 e. The van der Waals surface area contributed by atoms with Crippen molar-refractivity contribution in [3.8, 4) is 5.75 Å². The fourth-order valence-electron chi connectivity index (χ4n) is 3.83. The van der Waals surface area contributed by atoms with Crippen LogP contribution in [0.3, 0.4) is 0 Å². The van der Waals surface area contributed by atoms with Crippen molar-refractivity contribution < 1.29 is 14.3 Å². The van der Waals surface area contributed by atoms with Gasteiger partial charge in [-0.2, -0.15) is 5.10 Å². The molecule has 0 spiro atoms. The number of carbonyl (C=O) groups excluding carboxylic acids is 1. The summed E-state index contributed by atoms with van der Waals surface area (Å²) in [6.45, 7) is 3.45. The van der Waals surface area contributed by atoms with Gasteiger partial charge in [0, 0.05) is 30.5 Å². The number of aromatic nitrogens is 5. The fraction of sp³-hybridized carbons (Fsp3) is 0.200. The molecule has 0 radical (unpaired) electrons. The average molecular weight is 457 g/mol. The number of pyridine rings is 2. The van der Waals surface area contributed by atoms with Gasteiger partial charge in [-0.05, 0) is 37.3 Å². The van der Waals surface area contributed by atoms with Crippen molar-refractivity contribution in [2.75, 3.05) is 25.6 Å². The van der Waals surface area contributed by atoms with E-state index in [1.807, 2.05) is 48.0 Å². The first-order valence-corrected chi connectivity index (χ1v) is 10.9. The number of rotatable bonds is 8. The van der Waals surface area contributed by atoms with Crippen LogP contribution in [-0.2, 0) is 11.3 Å². The van der Waals surface area contributed by atoms with E-state index in [0.717, 1.165) is 22.3 Å². The maximum atomic E-state index is 13.1. The molecular formula is C25H24N6O3. The first-order chi connectivity index (χ1) is 16.6. The molecule has 5 aromatic rings. The second-order valence-corrected chi connectivity index (χ2v) is 7.84. The second kappa shape index (κ2) is 9.32. The van der Waals surface area contributed by atoms with Crippen LogP contribution >= 0.6 is 0 Å². The summed E-state index contributed by atoms with van der Waals surface area (Å²) in [7, 11) is 1.62. The zero-order valence-corrected chi connectivity index (χ0v) is 18.9. The molecule has 4 heterocycles. The summed E-state index contributed by atoms with van der Waals surface area (Å²) in [5, 5.41) is 8.38. The van der Waals surface area contributed by atoms with Gasteiger partial charge in [-0.15, -0.1) is 0 Å². The van der Waals surface area contributed by atoms with E-state index >= 15 is 0 Å². The smallest absolute Gasteiger partial charge is 0.274 e. The predicted octanol–water partition coefficient (Wildman–Crippen LogP) is 3.71. The van der Waals surface area contributed by atoms with Crippen LogP contribution in [0, 0.1) is 6.92 Å². The highest BCUT2D eigenvalue weighted by molar-refractivity contribution is 6.08. The van der Waals surface area contributed by atoms with Crippen LogP contribution < -0.4 is 10.1 Å². The molecule has 0 aliphatic rings. The molecular weight excluding hydrogens is 432 g/mol. The van der Waals surface area contributed by atoms with E-state index in [1.54, 1.807) is 42.2 Å². The van der Waals surface area contributed by atoms with E-state index in [4.69, 9.17) is 9.47 Å². The van der Waals surface area contributed by atoms with E-state index in [9.17, 15) is 4.79 Å². The normalized spacial score (nSPS) is 11.2. The molecule has 0 aliphatic heterocycles. The predicted molar refractivity (Wildman–Crippen MR) is 128 cm³/mol. The highest BCUT2D eigenvalue weighted by Gasteiger charge is 2.15. The topological polar surface area (TPSA) is 95.6 Å². The van der Waals surface area contributed by atoms with Crippen LogP contribution in [0.15, 0.2) is 67.1 Å². The van der Waals surface area contributed by atoms with E-state index in [0.29, 0.717) is 42.5 Å². The van der Waals surface area contributed by atoms with Gasteiger partial charge in [0.05, 0.1) is 42.4 Å². The minimum absolute atomic E-state index is 0.263. The van der Waals surface area contributed by atoms with Gasteiger partial charge in [0.2, 0.25) is 0 Å². The lowest BCUT2D eigenvalue weighted by Gasteiger charge is -2.09. The number of benzene rings is 1. The number of methoxy groups -OCH3 is 1. The Labute approximate surface area is 196 Å². The molecule has 0 aliphatic carbocycles. The van der Waals surface area contributed by atoms with Crippen molar-refractivity contribution in [2.24, 2.45) is 0 Å².